The standard InChI is InChI=1S/C15H14N4S/c1-10-14(20-15(16)18-10)11-7-8-17-13(9-11)19-12-5-3-2-4-6-12/h2-9H,1H3,(H2,16,18)(H,17,19). The van der Waals surface area contributed by atoms with Crippen LogP contribution in [0.15, 0.2) is 48.7 Å². The van der Waals surface area contributed by atoms with Crippen molar-refractivity contribution in [2.75, 3.05) is 11.1 Å². The fourth-order valence-corrected chi connectivity index (χ4v) is 2.82. The lowest BCUT2D eigenvalue weighted by Crippen LogP contribution is -1.93. The van der Waals surface area contributed by atoms with Gasteiger partial charge in [-0.05, 0) is 36.8 Å². The second-order valence-corrected chi connectivity index (χ2v) is 5.42. The summed E-state index contributed by atoms with van der Waals surface area (Å²) < 4.78 is 0. The van der Waals surface area contributed by atoms with Crippen LogP contribution in [0.5, 0.6) is 0 Å². The molecule has 0 atom stereocenters. The Hall–Kier alpha value is -2.40. The number of aryl methyl sites for hydroxylation is 1. The molecule has 0 radical (unpaired) electrons. The second kappa shape index (κ2) is 5.30. The van der Waals surface area contributed by atoms with E-state index in [0.717, 1.165) is 27.6 Å². The number of nitrogens with one attached hydrogen (secondary N) is 1. The van der Waals surface area contributed by atoms with E-state index in [1.807, 2.05) is 49.4 Å². The zero-order valence-corrected chi connectivity index (χ0v) is 11.8. The molecule has 0 amide bonds. The normalized spacial score (nSPS) is 10.4. The highest BCUT2D eigenvalue weighted by Crippen LogP contribution is 2.32. The van der Waals surface area contributed by atoms with Crippen molar-refractivity contribution in [1.29, 1.82) is 0 Å². The lowest BCUT2D eigenvalue weighted by Gasteiger charge is -2.06. The lowest BCUT2D eigenvalue weighted by molar-refractivity contribution is 1.26. The predicted molar refractivity (Wildman–Crippen MR) is 84.2 cm³/mol. The topological polar surface area (TPSA) is 63.8 Å². The largest absolute Gasteiger partial charge is 0.375 e. The van der Waals surface area contributed by atoms with E-state index >= 15 is 0 Å². The number of rotatable bonds is 3. The number of aromatic nitrogens is 2. The number of para-hydroxylation sites is 1. The number of hydrogen-bond acceptors (Lipinski definition) is 5. The third kappa shape index (κ3) is 2.62. The molecule has 0 aliphatic carbocycles. The molecule has 0 fully saturated rings. The van der Waals surface area contributed by atoms with Crippen LogP contribution in [0.1, 0.15) is 5.69 Å². The Kier molecular flexibility index (Phi) is 3.35. The number of hydrogen-bond donors (Lipinski definition) is 2. The molecule has 0 aliphatic heterocycles. The molecule has 1 aromatic carbocycles. The van der Waals surface area contributed by atoms with Gasteiger partial charge in [-0.15, -0.1) is 0 Å². The van der Waals surface area contributed by atoms with Crippen molar-refractivity contribution in [2.24, 2.45) is 0 Å². The molecule has 0 saturated heterocycles. The van der Waals surface area contributed by atoms with Crippen LogP contribution in [-0.2, 0) is 0 Å². The smallest absolute Gasteiger partial charge is 0.180 e. The first kappa shape index (κ1) is 12.6. The minimum absolute atomic E-state index is 0.590. The molecule has 5 heteroatoms. The van der Waals surface area contributed by atoms with E-state index in [1.54, 1.807) is 6.20 Å². The number of thiazole rings is 1. The minimum Gasteiger partial charge on any atom is -0.375 e. The van der Waals surface area contributed by atoms with Crippen molar-refractivity contribution in [3.63, 3.8) is 0 Å². The summed E-state index contributed by atoms with van der Waals surface area (Å²) in [6.45, 7) is 1.97. The van der Waals surface area contributed by atoms with Crippen molar-refractivity contribution in [2.45, 2.75) is 6.92 Å². The molecular weight excluding hydrogens is 268 g/mol. The van der Waals surface area contributed by atoms with Gasteiger partial charge in [-0.25, -0.2) is 9.97 Å². The molecule has 0 saturated carbocycles. The van der Waals surface area contributed by atoms with Crippen LogP contribution >= 0.6 is 11.3 Å². The van der Waals surface area contributed by atoms with Crippen LogP contribution in [0.2, 0.25) is 0 Å². The van der Waals surface area contributed by atoms with Crippen molar-refractivity contribution in [1.82, 2.24) is 9.97 Å². The van der Waals surface area contributed by atoms with Crippen LogP contribution < -0.4 is 11.1 Å². The molecule has 100 valence electrons. The molecule has 20 heavy (non-hydrogen) atoms. The average molecular weight is 282 g/mol. The third-order valence-corrected chi connectivity index (χ3v) is 3.92. The number of nitrogens with two attached hydrogens (primary N) is 1. The predicted octanol–water partition coefficient (Wildman–Crippen LogP) is 3.84. The highest BCUT2D eigenvalue weighted by molar-refractivity contribution is 7.18. The monoisotopic (exact) mass is 282 g/mol. The van der Waals surface area contributed by atoms with Crippen molar-refractivity contribution in [3.05, 3.63) is 54.4 Å². The quantitative estimate of drug-likeness (QED) is 0.766. The summed E-state index contributed by atoms with van der Waals surface area (Å²) in [7, 11) is 0. The van der Waals surface area contributed by atoms with Crippen LogP contribution in [0.3, 0.4) is 0 Å². The Morgan fingerprint density at radius 2 is 1.95 bits per heavy atom. The van der Waals surface area contributed by atoms with Gasteiger partial charge in [0.2, 0.25) is 0 Å². The number of nitrogen functional groups attached to an aromatic ring is 1. The maximum absolute atomic E-state index is 5.75. The number of anilines is 3. The van der Waals surface area contributed by atoms with Gasteiger partial charge in [0.05, 0.1) is 10.6 Å². The molecule has 3 aromatic rings. The molecular formula is C15H14N4S. The van der Waals surface area contributed by atoms with Crippen LogP contribution in [-0.4, -0.2) is 9.97 Å². The van der Waals surface area contributed by atoms with Crippen molar-refractivity contribution >= 4 is 28.0 Å². The van der Waals surface area contributed by atoms with E-state index < -0.39 is 0 Å². The summed E-state index contributed by atoms with van der Waals surface area (Å²) in [5.74, 6) is 0.806. The van der Waals surface area contributed by atoms with Gasteiger partial charge in [-0.3, -0.25) is 0 Å². The molecule has 2 aromatic heterocycles. The Bertz CT molecular complexity index is 722. The Balaban J connectivity index is 1.92. The molecule has 0 aliphatic rings. The zero-order valence-electron chi connectivity index (χ0n) is 11.0. The molecule has 0 unspecified atom stereocenters. The van der Waals surface area contributed by atoms with Gasteiger partial charge >= 0.3 is 0 Å². The van der Waals surface area contributed by atoms with Gasteiger partial charge in [0.1, 0.15) is 5.82 Å². The molecule has 4 nitrogen and oxygen atoms in total. The Morgan fingerprint density at radius 1 is 1.15 bits per heavy atom. The highest BCUT2D eigenvalue weighted by atomic mass is 32.1. The summed E-state index contributed by atoms with van der Waals surface area (Å²) in [6, 6.07) is 13.9. The minimum atomic E-state index is 0.590. The van der Waals surface area contributed by atoms with Gasteiger partial charge in [0.15, 0.2) is 5.13 Å². The number of pyridine rings is 1. The van der Waals surface area contributed by atoms with E-state index in [2.05, 4.69) is 15.3 Å². The van der Waals surface area contributed by atoms with E-state index in [4.69, 9.17) is 5.73 Å². The van der Waals surface area contributed by atoms with Crippen LogP contribution in [0.4, 0.5) is 16.6 Å². The van der Waals surface area contributed by atoms with Gasteiger partial charge in [0, 0.05) is 11.9 Å². The van der Waals surface area contributed by atoms with Gasteiger partial charge in [0.25, 0.3) is 0 Å². The van der Waals surface area contributed by atoms with E-state index in [0.29, 0.717) is 5.13 Å². The van der Waals surface area contributed by atoms with Crippen LogP contribution in [0.25, 0.3) is 10.4 Å². The third-order valence-electron chi connectivity index (χ3n) is 2.88. The summed E-state index contributed by atoms with van der Waals surface area (Å²) in [5.41, 5.74) is 8.79. The highest BCUT2D eigenvalue weighted by Gasteiger charge is 2.08. The second-order valence-electron chi connectivity index (χ2n) is 4.39. The average Bonchev–Trinajstić information content (AvgIpc) is 2.79. The van der Waals surface area contributed by atoms with E-state index in [-0.39, 0.29) is 0 Å². The molecule has 2 heterocycles. The molecule has 3 N–H and O–H groups in total. The van der Waals surface area contributed by atoms with Crippen molar-refractivity contribution < 1.29 is 0 Å². The maximum Gasteiger partial charge on any atom is 0.180 e. The fraction of sp³-hybridized carbons (Fsp3) is 0.0667. The summed E-state index contributed by atoms with van der Waals surface area (Å²) in [4.78, 5) is 9.68. The SMILES string of the molecule is Cc1nc(N)sc1-c1ccnc(Nc2ccccc2)c1. The van der Waals surface area contributed by atoms with Crippen LogP contribution in [0, 0.1) is 6.92 Å². The zero-order chi connectivity index (χ0) is 13.9. The van der Waals surface area contributed by atoms with Crippen molar-refractivity contribution in [3.8, 4) is 10.4 Å². The number of benzene rings is 1. The van der Waals surface area contributed by atoms with Gasteiger partial charge in [-0.2, -0.15) is 0 Å². The Morgan fingerprint density at radius 3 is 2.65 bits per heavy atom. The first-order valence-corrected chi connectivity index (χ1v) is 7.05. The molecule has 3 rings (SSSR count). The maximum atomic E-state index is 5.75. The molecule has 0 bridgehead atoms. The lowest BCUT2D eigenvalue weighted by atomic mass is 10.2. The van der Waals surface area contributed by atoms with E-state index in [9.17, 15) is 0 Å². The summed E-state index contributed by atoms with van der Waals surface area (Å²) >= 11 is 1.49. The Labute approximate surface area is 121 Å². The van der Waals surface area contributed by atoms with Gasteiger partial charge < -0.3 is 11.1 Å². The van der Waals surface area contributed by atoms with E-state index in [1.165, 1.54) is 11.3 Å². The van der Waals surface area contributed by atoms with Gasteiger partial charge in [-0.1, -0.05) is 29.5 Å². The fourth-order valence-electron chi connectivity index (χ4n) is 1.99. The first-order valence-electron chi connectivity index (χ1n) is 6.24. The first-order chi connectivity index (χ1) is 9.72. The summed E-state index contributed by atoms with van der Waals surface area (Å²) in [6.07, 6.45) is 1.79. The summed E-state index contributed by atoms with van der Waals surface area (Å²) in [5, 5.41) is 3.87. The number of nitrogens with zero attached hydrogens (tertiary/aromatic N) is 2. The molecule has 0 spiro atoms.